The smallest absolute Gasteiger partial charge is 0.318 e. The molecule has 1 aliphatic rings. The van der Waals surface area contributed by atoms with Crippen LogP contribution in [0, 0.1) is 0 Å². The molecule has 2 amide bonds. The summed E-state index contributed by atoms with van der Waals surface area (Å²) in [7, 11) is 3.16. The highest BCUT2D eigenvalue weighted by atomic mass is 16.5. The van der Waals surface area contributed by atoms with Gasteiger partial charge < -0.3 is 24.2 Å². The minimum atomic E-state index is -0.0854. The number of carbonyl (C=O) groups excluding carboxylic acids is 1. The molecule has 0 radical (unpaired) electrons. The van der Waals surface area contributed by atoms with Gasteiger partial charge in [0, 0.05) is 17.6 Å². The van der Waals surface area contributed by atoms with Gasteiger partial charge in [0.25, 0.3) is 0 Å². The molecule has 0 saturated heterocycles. The largest absolute Gasteiger partial charge is 0.493 e. The third-order valence-electron chi connectivity index (χ3n) is 5.23. The average molecular weight is 402 g/mol. The molecule has 1 aromatic heterocycles. The van der Waals surface area contributed by atoms with Gasteiger partial charge in [0.05, 0.1) is 14.2 Å². The molecule has 29 heavy (non-hydrogen) atoms. The first-order chi connectivity index (χ1) is 14.0. The lowest BCUT2D eigenvalue weighted by atomic mass is 9.96. The van der Waals surface area contributed by atoms with Gasteiger partial charge in [-0.05, 0) is 44.9 Å². The number of methoxy groups -OCH3 is 2. The fraction of sp³-hybridized carbons (Fsp3) is 0.571. The minimum Gasteiger partial charge on any atom is -0.493 e. The fourth-order valence-corrected chi connectivity index (χ4v) is 3.55. The SMILES string of the molecule is COc1ccc(-c2noc(CN(C(=O)NC3CCCCC3)C(C)C)n2)cc1OC. The Morgan fingerprint density at radius 3 is 2.59 bits per heavy atom. The number of rotatable bonds is 7. The second-order valence-electron chi connectivity index (χ2n) is 7.59. The number of nitrogens with zero attached hydrogens (tertiary/aromatic N) is 3. The Balaban J connectivity index is 1.70. The first-order valence-corrected chi connectivity index (χ1v) is 10.1. The van der Waals surface area contributed by atoms with Crippen LogP contribution < -0.4 is 14.8 Å². The maximum atomic E-state index is 12.8. The van der Waals surface area contributed by atoms with Crippen LogP contribution in [-0.2, 0) is 6.54 Å². The number of nitrogens with one attached hydrogen (secondary N) is 1. The van der Waals surface area contributed by atoms with Crippen LogP contribution in [0.25, 0.3) is 11.4 Å². The summed E-state index contributed by atoms with van der Waals surface area (Å²) in [6.07, 6.45) is 5.68. The van der Waals surface area contributed by atoms with Crippen molar-refractivity contribution in [2.45, 2.75) is 64.6 Å². The van der Waals surface area contributed by atoms with Crippen molar-refractivity contribution in [3.8, 4) is 22.9 Å². The Morgan fingerprint density at radius 2 is 1.93 bits per heavy atom. The molecule has 0 atom stereocenters. The van der Waals surface area contributed by atoms with Crippen LogP contribution in [0.1, 0.15) is 51.8 Å². The van der Waals surface area contributed by atoms with Gasteiger partial charge in [-0.3, -0.25) is 0 Å². The summed E-state index contributed by atoms with van der Waals surface area (Å²) >= 11 is 0. The molecule has 158 valence electrons. The van der Waals surface area contributed by atoms with E-state index in [0.29, 0.717) is 23.2 Å². The highest BCUT2D eigenvalue weighted by molar-refractivity contribution is 5.74. The van der Waals surface area contributed by atoms with Gasteiger partial charge in [0.15, 0.2) is 11.5 Å². The number of aromatic nitrogens is 2. The molecule has 0 bridgehead atoms. The molecular weight excluding hydrogens is 372 g/mol. The van der Waals surface area contributed by atoms with E-state index in [1.807, 2.05) is 19.9 Å². The number of urea groups is 1. The average Bonchev–Trinajstić information content (AvgIpc) is 3.20. The summed E-state index contributed by atoms with van der Waals surface area (Å²) in [6, 6.07) is 5.60. The molecule has 0 aliphatic heterocycles. The molecule has 0 unspecified atom stereocenters. The highest BCUT2D eigenvalue weighted by Gasteiger charge is 2.24. The first kappa shape index (κ1) is 21.0. The van der Waals surface area contributed by atoms with Crippen molar-refractivity contribution in [1.82, 2.24) is 20.4 Å². The van der Waals surface area contributed by atoms with E-state index in [2.05, 4.69) is 15.5 Å². The van der Waals surface area contributed by atoms with Crippen molar-refractivity contribution in [3.05, 3.63) is 24.1 Å². The van der Waals surface area contributed by atoms with Crippen LogP contribution in [-0.4, -0.2) is 47.4 Å². The van der Waals surface area contributed by atoms with Crippen molar-refractivity contribution in [2.75, 3.05) is 14.2 Å². The number of carbonyl (C=O) groups is 1. The Bertz CT molecular complexity index is 815. The second-order valence-corrected chi connectivity index (χ2v) is 7.59. The van der Waals surface area contributed by atoms with Crippen molar-refractivity contribution in [2.24, 2.45) is 0 Å². The van der Waals surface area contributed by atoms with Crippen LogP contribution in [0.5, 0.6) is 11.5 Å². The molecule has 3 rings (SSSR count). The predicted molar refractivity (Wildman–Crippen MR) is 109 cm³/mol. The van der Waals surface area contributed by atoms with E-state index in [9.17, 15) is 4.79 Å². The summed E-state index contributed by atoms with van der Waals surface area (Å²) in [5.41, 5.74) is 0.750. The molecule has 0 spiro atoms. The van der Waals surface area contributed by atoms with Crippen molar-refractivity contribution in [3.63, 3.8) is 0 Å². The zero-order chi connectivity index (χ0) is 20.8. The normalized spacial score (nSPS) is 14.7. The predicted octanol–water partition coefficient (Wildman–Crippen LogP) is 4.01. The van der Waals surface area contributed by atoms with Crippen molar-refractivity contribution in [1.29, 1.82) is 0 Å². The summed E-state index contributed by atoms with van der Waals surface area (Å²) in [5, 5.41) is 7.22. The number of ether oxygens (including phenoxy) is 2. The topological polar surface area (TPSA) is 89.7 Å². The Morgan fingerprint density at radius 1 is 1.21 bits per heavy atom. The quantitative estimate of drug-likeness (QED) is 0.753. The molecule has 1 saturated carbocycles. The van der Waals surface area contributed by atoms with E-state index in [4.69, 9.17) is 14.0 Å². The van der Waals surface area contributed by atoms with E-state index in [1.165, 1.54) is 19.3 Å². The van der Waals surface area contributed by atoms with Gasteiger partial charge in [-0.15, -0.1) is 0 Å². The zero-order valence-electron chi connectivity index (χ0n) is 17.6. The van der Waals surface area contributed by atoms with Gasteiger partial charge in [0.1, 0.15) is 6.54 Å². The van der Waals surface area contributed by atoms with Crippen LogP contribution >= 0.6 is 0 Å². The van der Waals surface area contributed by atoms with Gasteiger partial charge in [-0.1, -0.05) is 24.4 Å². The van der Waals surface area contributed by atoms with E-state index in [1.54, 1.807) is 31.3 Å². The molecule has 1 aliphatic carbocycles. The lowest BCUT2D eigenvalue weighted by Gasteiger charge is -2.29. The van der Waals surface area contributed by atoms with E-state index in [-0.39, 0.29) is 24.7 Å². The maximum Gasteiger partial charge on any atom is 0.318 e. The van der Waals surface area contributed by atoms with Gasteiger partial charge in [0.2, 0.25) is 11.7 Å². The second kappa shape index (κ2) is 9.62. The summed E-state index contributed by atoms with van der Waals surface area (Å²) < 4.78 is 16.0. The minimum absolute atomic E-state index is 0.00928. The Labute approximate surface area is 171 Å². The zero-order valence-corrected chi connectivity index (χ0v) is 17.6. The van der Waals surface area contributed by atoms with Gasteiger partial charge in [-0.2, -0.15) is 4.98 Å². The lowest BCUT2D eigenvalue weighted by molar-refractivity contribution is 0.163. The van der Waals surface area contributed by atoms with Gasteiger partial charge in [-0.25, -0.2) is 4.79 Å². The van der Waals surface area contributed by atoms with Crippen molar-refractivity contribution >= 4 is 6.03 Å². The summed E-state index contributed by atoms with van der Waals surface area (Å²) in [5.74, 6) is 2.05. The molecule has 1 aromatic carbocycles. The molecule has 1 N–H and O–H groups in total. The maximum absolute atomic E-state index is 12.8. The molecular formula is C21H30N4O4. The number of hydrogen-bond acceptors (Lipinski definition) is 6. The van der Waals surface area contributed by atoms with Gasteiger partial charge >= 0.3 is 6.03 Å². The third-order valence-corrected chi connectivity index (χ3v) is 5.23. The van der Waals surface area contributed by atoms with Crippen LogP contribution in [0.3, 0.4) is 0 Å². The Hall–Kier alpha value is -2.77. The number of benzene rings is 1. The van der Waals surface area contributed by atoms with Crippen LogP contribution in [0.4, 0.5) is 4.79 Å². The van der Waals surface area contributed by atoms with E-state index >= 15 is 0 Å². The Kier molecular flexibility index (Phi) is 6.95. The van der Waals surface area contributed by atoms with E-state index in [0.717, 1.165) is 18.4 Å². The number of amides is 2. The third kappa shape index (κ3) is 5.19. The standard InChI is InChI=1S/C21H30N4O4/c1-14(2)25(21(26)22-16-8-6-5-7-9-16)13-19-23-20(24-29-19)15-10-11-17(27-3)18(12-15)28-4/h10-12,14,16H,5-9,13H2,1-4H3,(H,22,26). The lowest BCUT2D eigenvalue weighted by Crippen LogP contribution is -2.47. The summed E-state index contributed by atoms with van der Waals surface area (Å²) in [4.78, 5) is 19.0. The van der Waals surface area contributed by atoms with Crippen LogP contribution in [0.15, 0.2) is 22.7 Å². The molecule has 2 aromatic rings. The molecule has 1 heterocycles. The molecule has 8 nitrogen and oxygen atoms in total. The fourth-order valence-electron chi connectivity index (χ4n) is 3.55. The first-order valence-electron chi connectivity index (χ1n) is 10.1. The molecule has 8 heteroatoms. The number of hydrogen-bond donors (Lipinski definition) is 1. The highest BCUT2D eigenvalue weighted by Crippen LogP contribution is 2.31. The van der Waals surface area contributed by atoms with Crippen LogP contribution in [0.2, 0.25) is 0 Å². The monoisotopic (exact) mass is 402 g/mol. The van der Waals surface area contributed by atoms with E-state index < -0.39 is 0 Å². The molecule has 1 fully saturated rings. The van der Waals surface area contributed by atoms with Crippen molar-refractivity contribution < 1.29 is 18.8 Å². The summed E-state index contributed by atoms with van der Waals surface area (Å²) in [6.45, 7) is 4.22.